The van der Waals surface area contributed by atoms with Gasteiger partial charge in [0.05, 0.1) is 0 Å². The van der Waals surface area contributed by atoms with Crippen LogP contribution in [0.3, 0.4) is 0 Å². The Labute approximate surface area is 86.8 Å². The van der Waals surface area contributed by atoms with Crippen molar-refractivity contribution in [2.24, 2.45) is 5.73 Å². The third kappa shape index (κ3) is 3.52. The summed E-state index contributed by atoms with van der Waals surface area (Å²) in [7, 11) is -1.10. The zero-order valence-corrected chi connectivity index (χ0v) is 10.1. The van der Waals surface area contributed by atoms with Gasteiger partial charge in [-0.2, -0.15) is 0 Å². The van der Waals surface area contributed by atoms with Crippen LogP contribution in [0.25, 0.3) is 0 Å². The van der Waals surface area contributed by atoms with E-state index in [1.165, 1.54) is 0 Å². The monoisotopic (exact) mass is 209 g/mol. The lowest BCUT2D eigenvalue weighted by molar-refractivity contribution is 0.475. The molecular weight excluding hydrogens is 190 g/mol. The first kappa shape index (κ1) is 11.3. The fraction of sp³-hybridized carbons (Fsp3) is 0.455. The Balaban J connectivity index is 2.70. The molecule has 14 heavy (non-hydrogen) atoms. The molecule has 0 aliphatic carbocycles. The highest BCUT2D eigenvalue weighted by molar-refractivity contribution is 6.76. The van der Waals surface area contributed by atoms with Gasteiger partial charge in [-0.25, -0.2) is 0 Å². The maximum atomic E-state index is 9.14. The minimum atomic E-state index is -1.10. The molecule has 0 spiro atoms. The van der Waals surface area contributed by atoms with Crippen molar-refractivity contribution in [2.45, 2.75) is 31.7 Å². The summed E-state index contributed by atoms with van der Waals surface area (Å²) in [5.41, 5.74) is 7.20. The van der Waals surface area contributed by atoms with E-state index in [-0.39, 0.29) is 6.04 Å². The summed E-state index contributed by atoms with van der Waals surface area (Å²) >= 11 is 0. The van der Waals surface area contributed by atoms with Gasteiger partial charge >= 0.3 is 0 Å². The molecule has 3 heteroatoms. The molecule has 1 aromatic carbocycles. The van der Waals surface area contributed by atoms with E-state index in [2.05, 4.69) is 19.6 Å². The van der Waals surface area contributed by atoms with E-state index < -0.39 is 8.07 Å². The molecule has 2 nitrogen and oxygen atoms in total. The van der Waals surface area contributed by atoms with Crippen LogP contribution in [0.5, 0.6) is 5.75 Å². The van der Waals surface area contributed by atoms with E-state index in [0.29, 0.717) is 5.75 Å². The molecule has 1 rings (SSSR count). The molecule has 1 unspecified atom stereocenters. The first-order chi connectivity index (χ1) is 6.38. The lowest BCUT2D eigenvalue weighted by atomic mass is 10.1. The first-order valence-corrected chi connectivity index (χ1v) is 8.64. The molecule has 0 bridgehead atoms. The number of hydrogen-bond acceptors (Lipinski definition) is 2. The number of phenols is 1. The Morgan fingerprint density at radius 3 is 2.14 bits per heavy atom. The van der Waals surface area contributed by atoms with Crippen molar-refractivity contribution in [3.05, 3.63) is 29.8 Å². The molecular formula is C11H19NOSi. The van der Waals surface area contributed by atoms with Crippen LogP contribution in [0.15, 0.2) is 24.3 Å². The molecule has 1 aromatic rings. The van der Waals surface area contributed by atoms with Gasteiger partial charge in [-0.05, 0) is 23.7 Å². The molecule has 0 aromatic heterocycles. The van der Waals surface area contributed by atoms with E-state index in [1.54, 1.807) is 12.1 Å². The minimum Gasteiger partial charge on any atom is -0.508 e. The fourth-order valence-electron chi connectivity index (χ4n) is 1.50. The SMILES string of the molecule is C[Si](C)(C)CC(N)c1ccc(O)cc1. The van der Waals surface area contributed by atoms with Gasteiger partial charge < -0.3 is 10.8 Å². The first-order valence-electron chi connectivity index (χ1n) is 4.93. The van der Waals surface area contributed by atoms with Gasteiger partial charge in [-0.3, -0.25) is 0 Å². The largest absolute Gasteiger partial charge is 0.508 e. The maximum absolute atomic E-state index is 9.14. The molecule has 0 saturated heterocycles. The van der Waals surface area contributed by atoms with Crippen LogP contribution in [-0.4, -0.2) is 13.2 Å². The molecule has 3 N–H and O–H groups in total. The van der Waals surface area contributed by atoms with E-state index >= 15 is 0 Å². The Bertz CT molecular complexity index is 289. The standard InChI is InChI=1S/C11H19NOSi/c1-14(2,3)8-11(12)9-4-6-10(13)7-5-9/h4-7,11,13H,8,12H2,1-3H3. The lowest BCUT2D eigenvalue weighted by Crippen LogP contribution is -2.26. The van der Waals surface area contributed by atoms with E-state index in [1.807, 2.05) is 12.1 Å². The van der Waals surface area contributed by atoms with Crippen molar-refractivity contribution in [2.75, 3.05) is 0 Å². The molecule has 0 amide bonds. The van der Waals surface area contributed by atoms with Crippen molar-refractivity contribution in [3.8, 4) is 5.75 Å². The maximum Gasteiger partial charge on any atom is 0.115 e. The Hall–Kier alpha value is -0.803. The van der Waals surface area contributed by atoms with Crippen LogP contribution in [0.4, 0.5) is 0 Å². The zero-order chi connectivity index (χ0) is 10.8. The minimum absolute atomic E-state index is 0.113. The molecule has 0 aliphatic heterocycles. The summed E-state index contributed by atoms with van der Waals surface area (Å²) in [6.45, 7) is 6.94. The number of phenolic OH excluding ortho intramolecular Hbond substituents is 1. The number of rotatable bonds is 3. The smallest absolute Gasteiger partial charge is 0.115 e. The number of hydrogen-bond donors (Lipinski definition) is 2. The predicted molar refractivity (Wildman–Crippen MR) is 63.2 cm³/mol. The Morgan fingerprint density at radius 2 is 1.71 bits per heavy atom. The summed E-state index contributed by atoms with van der Waals surface area (Å²) in [4.78, 5) is 0. The molecule has 1 atom stereocenters. The average molecular weight is 209 g/mol. The van der Waals surface area contributed by atoms with Gasteiger partial charge in [0.1, 0.15) is 5.75 Å². The van der Waals surface area contributed by atoms with Crippen molar-refractivity contribution in [1.29, 1.82) is 0 Å². The highest BCUT2D eigenvalue weighted by atomic mass is 28.3. The van der Waals surface area contributed by atoms with Gasteiger partial charge in [0.2, 0.25) is 0 Å². The van der Waals surface area contributed by atoms with Crippen LogP contribution in [0, 0.1) is 0 Å². The highest BCUT2D eigenvalue weighted by Crippen LogP contribution is 2.23. The number of benzene rings is 1. The predicted octanol–water partition coefficient (Wildman–Crippen LogP) is 2.73. The van der Waals surface area contributed by atoms with Gasteiger partial charge in [-0.15, -0.1) is 0 Å². The van der Waals surface area contributed by atoms with Gasteiger partial charge in [0.15, 0.2) is 0 Å². The van der Waals surface area contributed by atoms with E-state index in [4.69, 9.17) is 10.8 Å². The van der Waals surface area contributed by atoms with Crippen LogP contribution in [0.2, 0.25) is 25.7 Å². The second kappa shape index (κ2) is 4.15. The van der Waals surface area contributed by atoms with Crippen molar-refractivity contribution < 1.29 is 5.11 Å². The quantitative estimate of drug-likeness (QED) is 0.752. The zero-order valence-electron chi connectivity index (χ0n) is 9.12. The van der Waals surface area contributed by atoms with Gasteiger partial charge in [0.25, 0.3) is 0 Å². The van der Waals surface area contributed by atoms with Crippen LogP contribution in [-0.2, 0) is 0 Å². The summed E-state index contributed by atoms with van der Waals surface area (Å²) in [5, 5.41) is 9.14. The lowest BCUT2D eigenvalue weighted by Gasteiger charge is -2.21. The van der Waals surface area contributed by atoms with Crippen molar-refractivity contribution in [1.82, 2.24) is 0 Å². The summed E-state index contributed by atoms with van der Waals surface area (Å²) in [5.74, 6) is 0.300. The van der Waals surface area contributed by atoms with Crippen LogP contribution >= 0.6 is 0 Å². The van der Waals surface area contributed by atoms with Crippen LogP contribution < -0.4 is 5.73 Å². The third-order valence-corrected chi connectivity index (χ3v) is 3.82. The van der Waals surface area contributed by atoms with Crippen molar-refractivity contribution >= 4 is 8.07 Å². The Morgan fingerprint density at radius 1 is 1.21 bits per heavy atom. The summed E-state index contributed by atoms with van der Waals surface area (Å²) in [6, 6.07) is 8.39. The number of aromatic hydroxyl groups is 1. The van der Waals surface area contributed by atoms with Crippen LogP contribution in [0.1, 0.15) is 11.6 Å². The molecule has 0 aliphatic rings. The fourth-order valence-corrected chi connectivity index (χ4v) is 3.05. The number of nitrogens with two attached hydrogens (primary N) is 1. The summed E-state index contributed by atoms with van der Waals surface area (Å²) < 4.78 is 0. The topological polar surface area (TPSA) is 46.2 Å². The average Bonchev–Trinajstić information content (AvgIpc) is 2.02. The molecule has 0 radical (unpaired) electrons. The summed E-state index contributed by atoms with van der Waals surface area (Å²) in [6.07, 6.45) is 0. The molecule has 78 valence electrons. The highest BCUT2D eigenvalue weighted by Gasteiger charge is 2.18. The Kier molecular flexibility index (Phi) is 3.34. The second-order valence-corrected chi connectivity index (χ2v) is 10.5. The van der Waals surface area contributed by atoms with Gasteiger partial charge in [-0.1, -0.05) is 31.8 Å². The van der Waals surface area contributed by atoms with Crippen molar-refractivity contribution in [3.63, 3.8) is 0 Å². The van der Waals surface area contributed by atoms with E-state index in [0.717, 1.165) is 11.6 Å². The normalized spacial score (nSPS) is 14.0. The van der Waals surface area contributed by atoms with Gasteiger partial charge in [0, 0.05) is 14.1 Å². The molecule has 0 saturated carbocycles. The van der Waals surface area contributed by atoms with E-state index in [9.17, 15) is 0 Å². The molecule has 0 heterocycles. The second-order valence-electron chi connectivity index (χ2n) is 4.96. The molecule has 0 fully saturated rings. The third-order valence-electron chi connectivity index (χ3n) is 2.15.